The second-order valence-electron chi connectivity index (χ2n) is 9.40. The van der Waals surface area contributed by atoms with Crippen LogP contribution in [-0.2, 0) is 17.5 Å². The molecule has 1 aromatic heterocycles. The first-order chi connectivity index (χ1) is 16.1. The van der Waals surface area contributed by atoms with E-state index in [1.165, 1.54) is 12.1 Å². The van der Waals surface area contributed by atoms with E-state index >= 15 is 0 Å². The van der Waals surface area contributed by atoms with Crippen molar-refractivity contribution >= 4 is 11.6 Å². The number of carbonyl (C=O) groups excluding carboxylic acids is 1. The Morgan fingerprint density at radius 1 is 1.26 bits per heavy atom. The van der Waals surface area contributed by atoms with Crippen LogP contribution in [0.25, 0.3) is 0 Å². The molecule has 1 aromatic carbocycles. The molecule has 1 atom stereocenters. The monoisotopic (exact) mass is 471 g/mol. The number of nitrogens with zero attached hydrogens (tertiary/aromatic N) is 4. The summed E-state index contributed by atoms with van der Waals surface area (Å²) in [5, 5.41) is 11.8. The van der Waals surface area contributed by atoms with Gasteiger partial charge in [0.15, 0.2) is 0 Å². The maximum absolute atomic E-state index is 13.6. The Kier molecular flexibility index (Phi) is 6.54. The molecule has 180 valence electrons. The Balaban J connectivity index is 1.53. The first-order valence-electron chi connectivity index (χ1n) is 11.4. The SMILES string of the molecule is CNC(=O)C1CC2(CCN(Cc3ccc(C)cn3)CC2)CN1c1ccc(C#N)c(C(F)(F)F)c1. The third-order valence-electron chi connectivity index (χ3n) is 7.09. The number of likely N-dealkylation sites (tertiary alicyclic amines) is 1. The van der Waals surface area contributed by atoms with Gasteiger partial charge in [0.1, 0.15) is 6.04 Å². The lowest BCUT2D eigenvalue weighted by molar-refractivity contribution is -0.137. The lowest BCUT2D eigenvalue weighted by atomic mass is 9.76. The van der Waals surface area contributed by atoms with Gasteiger partial charge in [-0.15, -0.1) is 0 Å². The van der Waals surface area contributed by atoms with Crippen LogP contribution < -0.4 is 10.2 Å². The number of carbonyl (C=O) groups is 1. The molecule has 2 aliphatic heterocycles. The molecule has 2 saturated heterocycles. The van der Waals surface area contributed by atoms with Crippen molar-refractivity contribution in [3.8, 4) is 6.07 Å². The molecule has 3 heterocycles. The number of piperidine rings is 1. The van der Waals surface area contributed by atoms with Crippen LogP contribution in [0, 0.1) is 23.7 Å². The van der Waals surface area contributed by atoms with Crippen molar-refractivity contribution in [2.24, 2.45) is 5.41 Å². The highest BCUT2D eigenvalue weighted by Crippen LogP contribution is 2.46. The van der Waals surface area contributed by atoms with Gasteiger partial charge in [0, 0.05) is 32.0 Å². The van der Waals surface area contributed by atoms with Gasteiger partial charge in [0.2, 0.25) is 5.91 Å². The van der Waals surface area contributed by atoms with Crippen LogP contribution in [0.5, 0.6) is 0 Å². The molecule has 0 radical (unpaired) electrons. The van der Waals surface area contributed by atoms with Gasteiger partial charge in [-0.3, -0.25) is 14.7 Å². The fourth-order valence-corrected chi connectivity index (χ4v) is 5.14. The average Bonchev–Trinajstić information content (AvgIpc) is 3.20. The molecule has 0 aliphatic carbocycles. The van der Waals surface area contributed by atoms with E-state index in [-0.39, 0.29) is 11.3 Å². The summed E-state index contributed by atoms with van der Waals surface area (Å²) < 4.78 is 40.7. The number of amides is 1. The largest absolute Gasteiger partial charge is 0.417 e. The Morgan fingerprint density at radius 3 is 2.59 bits per heavy atom. The molecular weight excluding hydrogens is 443 g/mol. The van der Waals surface area contributed by atoms with Crippen molar-refractivity contribution in [2.75, 3.05) is 31.6 Å². The van der Waals surface area contributed by atoms with Crippen molar-refractivity contribution in [1.82, 2.24) is 15.2 Å². The van der Waals surface area contributed by atoms with Crippen molar-refractivity contribution in [3.05, 3.63) is 58.9 Å². The van der Waals surface area contributed by atoms with Gasteiger partial charge < -0.3 is 10.2 Å². The highest BCUT2D eigenvalue weighted by Gasteiger charge is 2.48. The summed E-state index contributed by atoms with van der Waals surface area (Å²) in [6, 6.07) is 8.86. The minimum absolute atomic E-state index is 0.152. The molecule has 9 heteroatoms. The minimum Gasteiger partial charge on any atom is -0.359 e. The smallest absolute Gasteiger partial charge is 0.359 e. The van der Waals surface area contributed by atoms with Crippen molar-refractivity contribution in [1.29, 1.82) is 5.26 Å². The quantitative estimate of drug-likeness (QED) is 0.733. The molecular formula is C25H28F3N5O. The first kappa shape index (κ1) is 24.0. The highest BCUT2D eigenvalue weighted by atomic mass is 19.4. The topological polar surface area (TPSA) is 72.3 Å². The molecule has 2 aromatic rings. The van der Waals surface area contributed by atoms with Gasteiger partial charge in [0.05, 0.1) is 22.9 Å². The number of hydrogen-bond acceptors (Lipinski definition) is 5. The molecule has 0 saturated carbocycles. The molecule has 4 rings (SSSR count). The van der Waals surface area contributed by atoms with Crippen LogP contribution in [0.3, 0.4) is 0 Å². The number of hydrogen-bond donors (Lipinski definition) is 1. The van der Waals surface area contributed by atoms with Crippen molar-refractivity contribution in [3.63, 3.8) is 0 Å². The molecule has 0 bridgehead atoms. The van der Waals surface area contributed by atoms with E-state index in [0.29, 0.717) is 18.7 Å². The minimum atomic E-state index is -4.64. The maximum atomic E-state index is 13.6. The number of likely N-dealkylation sites (N-methyl/N-ethyl adjacent to an activating group) is 1. The van der Waals surface area contributed by atoms with Gasteiger partial charge in [-0.05, 0) is 74.5 Å². The molecule has 34 heavy (non-hydrogen) atoms. The number of aryl methyl sites for hydroxylation is 1. The predicted molar refractivity (Wildman–Crippen MR) is 122 cm³/mol. The summed E-state index contributed by atoms with van der Waals surface area (Å²) in [6.45, 7) is 4.94. The van der Waals surface area contributed by atoms with Crippen LogP contribution in [0.1, 0.15) is 41.6 Å². The van der Waals surface area contributed by atoms with Crippen LogP contribution in [0.15, 0.2) is 36.5 Å². The van der Waals surface area contributed by atoms with Gasteiger partial charge in [0.25, 0.3) is 0 Å². The van der Waals surface area contributed by atoms with Crippen LogP contribution in [0.2, 0.25) is 0 Å². The standard InChI is InChI=1S/C25H28F3N5O/c1-17-3-5-19(31-14-17)15-32-9-7-24(8-10-32)12-22(23(34)30-2)33(16-24)20-6-4-18(13-29)21(11-20)25(26,27)28/h3-6,11,14,22H,7-10,12,15-16H2,1-2H3,(H,30,34). The number of anilines is 1. The average molecular weight is 472 g/mol. The zero-order valence-electron chi connectivity index (χ0n) is 19.3. The van der Waals surface area contributed by atoms with Crippen molar-refractivity contribution in [2.45, 2.75) is 44.9 Å². The van der Waals surface area contributed by atoms with E-state index in [1.807, 2.05) is 25.3 Å². The summed E-state index contributed by atoms with van der Waals surface area (Å²) in [5.74, 6) is -0.207. The zero-order chi connectivity index (χ0) is 24.5. The van der Waals surface area contributed by atoms with E-state index in [2.05, 4.69) is 15.2 Å². The van der Waals surface area contributed by atoms with E-state index < -0.39 is 23.3 Å². The summed E-state index contributed by atoms with van der Waals surface area (Å²) in [6.07, 6.45) is -0.492. The van der Waals surface area contributed by atoms with Crippen molar-refractivity contribution < 1.29 is 18.0 Å². The molecule has 2 fully saturated rings. The van der Waals surface area contributed by atoms with E-state index in [9.17, 15) is 18.0 Å². The predicted octanol–water partition coefficient (Wildman–Crippen LogP) is 3.89. The molecule has 6 nitrogen and oxygen atoms in total. The van der Waals surface area contributed by atoms with Gasteiger partial charge in [-0.25, -0.2) is 0 Å². The Hall–Kier alpha value is -3.12. The molecule has 1 unspecified atom stereocenters. The van der Waals surface area contributed by atoms with Gasteiger partial charge >= 0.3 is 6.18 Å². The highest BCUT2D eigenvalue weighted by molar-refractivity contribution is 5.86. The number of pyridine rings is 1. The van der Waals surface area contributed by atoms with Gasteiger partial charge in [-0.1, -0.05) is 6.07 Å². The Labute approximate surface area is 197 Å². The van der Waals surface area contributed by atoms with E-state index in [0.717, 1.165) is 49.8 Å². The number of halogens is 3. The summed E-state index contributed by atoms with van der Waals surface area (Å²) in [7, 11) is 1.54. The maximum Gasteiger partial charge on any atom is 0.417 e. The number of aromatic nitrogens is 1. The number of rotatable bonds is 4. The second kappa shape index (κ2) is 9.26. The second-order valence-corrected chi connectivity index (χ2v) is 9.40. The summed E-state index contributed by atoms with van der Waals surface area (Å²) >= 11 is 0. The zero-order valence-corrected chi connectivity index (χ0v) is 19.3. The normalized spacial score (nSPS) is 20.4. The van der Waals surface area contributed by atoms with E-state index in [4.69, 9.17) is 5.26 Å². The fourth-order valence-electron chi connectivity index (χ4n) is 5.14. The number of alkyl halides is 3. The number of benzene rings is 1. The third-order valence-corrected chi connectivity index (χ3v) is 7.09. The number of nitriles is 1. The first-order valence-corrected chi connectivity index (χ1v) is 11.4. The molecule has 2 aliphatic rings. The summed E-state index contributed by atoms with van der Waals surface area (Å²) in [5.41, 5.74) is 0.909. The van der Waals surface area contributed by atoms with E-state index in [1.54, 1.807) is 18.0 Å². The molecule has 1 N–H and O–H groups in total. The molecule has 1 amide bonds. The summed E-state index contributed by atoms with van der Waals surface area (Å²) in [4.78, 5) is 21.3. The third kappa shape index (κ3) is 4.87. The van der Waals surface area contributed by atoms with Crippen LogP contribution in [0.4, 0.5) is 18.9 Å². The Bertz CT molecular complexity index is 1090. The lowest BCUT2D eigenvalue weighted by Crippen LogP contribution is -2.42. The molecule has 1 spiro atoms. The number of nitrogens with one attached hydrogen (secondary N) is 1. The van der Waals surface area contributed by atoms with Crippen LogP contribution in [-0.4, -0.2) is 48.5 Å². The van der Waals surface area contributed by atoms with Crippen LogP contribution >= 0.6 is 0 Å². The van der Waals surface area contributed by atoms with Gasteiger partial charge in [-0.2, -0.15) is 18.4 Å². The lowest BCUT2D eigenvalue weighted by Gasteiger charge is -2.39. The fraction of sp³-hybridized carbons (Fsp3) is 0.480. The Morgan fingerprint density at radius 2 is 2.00 bits per heavy atom.